The van der Waals surface area contributed by atoms with Crippen LogP contribution >= 0.6 is 23.4 Å². The molecular weight excluding hydrogens is 348 g/mol. The molecule has 2 aromatic heterocycles. The molecule has 0 aliphatic carbocycles. The summed E-state index contributed by atoms with van der Waals surface area (Å²) in [4.78, 5) is 20.7. The third-order valence-corrected chi connectivity index (χ3v) is 4.92. The molecule has 0 amide bonds. The van der Waals surface area contributed by atoms with Gasteiger partial charge in [0.2, 0.25) is 0 Å². The van der Waals surface area contributed by atoms with Crippen molar-refractivity contribution in [1.82, 2.24) is 14.5 Å². The number of alkyl halides is 1. The summed E-state index contributed by atoms with van der Waals surface area (Å²) in [6.07, 6.45) is 0. The van der Waals surface area contributed by atoms with Gasteiger partial charge in [0.1, 0.15) is 16.4 Å². The van der Waals surface area contributed by atoms with E-state index in [0.717, 1.165) is 26.9 Å². The van der Waals surface area contributed by atoms with Crippen molar-refractivity contribution >= 4 is 40.2 Å². The number of benzene rings is 1. The van der Waals surface area contributed by atoms with E-state index in [1.165, 1.54) is 11.8 Å². The molecule has 0 unspecified atom stereocenters. The Morgan fingerprint density at radius 2 is 1.92 bits per heavy atom. The summed E-state index contributed by atoms with van der Waals surface area (Å²) in [5.74, 6) is 1.10. The topological polar surface area (TPSA) is 73.8 Å². The number of pyridine rings is 1. The van der Waals surface area contributed by atoms with Crippen molar-refractivity contribution in [3.8, 4) is 0 Å². The molecule has 0 saturated carbocycles. The van der Waals surface area contributed by atoms with Gasteiger partial charge in [0.05, 0.1) is 10.8 Å². The zero-order valence-corrected chi connectivity index (χ0v) is 15.0. The summed E-state index contributed by atoms with van der Waals surface area (Å²) in [5, 5.41) is 11.9. The molecule has 3 rings (SSSR count). The Labute approximate surface area is 148 Å². The molecule has 124 valence electrons. The minimum absolute atomic E-state index is 0.168. The van der Waals surface area contributed by atoms with E-state index in [9.17, 15) is 10.1 Å². The third-order valence-electron chi connectivity index (χ3n) is 3.77. The van der Waals surface area contributed by atoms with Gasteiger partial charge in [0.15, 0.2) is 5.65 Å². The number of nitro groups is 1. The maximum Gasteiger partial charge on any atom is 0.275 e. The second-order valence-corrected chi connectivity index (χ2v) is 6.84. The maximum atomic E-state index is 11.1. The number of halogens is 1. The summed E-state index contributed by atoms with van der Waals surface area (Å²) in [6, 6.07) is 7.43. The smallest absolute Gasteiger partial charge is 0.275 e. The first kappa shape index (κ1) is 16.7. The van der Waals surface area contributed by atoms with E-state index >= 15 is 0 Å². The van der Waals surface area contributed by atoms with Crippen LogP contribution in [0.15, 0.2) is 34.2 Å². The second kappa shape index (κ2) is 6.41. The van der Waals surface area contributed by atoms with Gasteiger partial charge in [0, 0.05) is 23.1 Å². The summed E-state index contributed by atoms with van der Waals surface area (Å²) < 4.78 is 1.87. The summed E-state index contributed by atoms with van der Waals surface area (Å²) in [6.45, 7) is 3.50. The van der Waals surface area contributed by atoms with Gasteiger partial charge < -0.3 is 4.57 Å². The van der Waals surface area contributed by atoms with Gasteiger partial charge in [-0.3, -0.25) is 10.1 Å². The lowest BCUT2D eigenvalue weighted by molar-refractivity contribution is -0.386. The lowest BCUT2D eigenvalue weighted by Crippen LogP contribution is -1.96. The molecule has 6 nitrogen and oxygen atoms in total. The molecule has 0 N–H and O–H groups in total. The number of nitro benzene ring substituents is 1. The van der Waals surface area contributed by atoms with E-state index in [0.29, 0.717) is 17.0 Å². The number of aryl methyl sites for hydroxylation is 3. The van der Waals surface area contributed by atoms with Crippen LogP contribution in [0.1, 0.15) is 17.0 Å². The maximum absolute atomic E-state index is 11.1. The van der Waals surface area contributed by atoms with Crippen molar-refractivity contribution in [3.05, 3.63) is 51.3 Å². The lowest BCUT2D eigenvalue weighted by Gasteiger charge is -2.06. The van der Waals surface area contributed by atoms with Gasteiger partial charge in [-0.15, -0.1) is 11.6 Å². The van der Waals surface area contributed by atoms with Crippen LogP contribution in [-0.4, -0.2) is 19.5 Å². The number of rotatable bonds is 4. The van der Waals surface area contributed by atoms with Crippen LogP contribution in [0.5, 0.6) is 0 Å². The number of nitrogens with zero attached hydrogens (tertiary/aromatic N) is 4. The number of aromatic nitrogens is 3. The third kappa shape index (κ3) is 2.97. The molecule has 1 aromatic carbocycles. The van der Waals surface area contributed by atoms with Gasteiger partial charge in [-0.1, -0.05) is 11.8 Å². The molecule has 0 aliphatic heterocycles. The molecule has 0 spiro atoms. The molecule has 0 atom stereocenters. The van der Waals surface area contributed by atoms with Crippen LogP contribution < -0.4 is 0 Å². The fourth-order valence-electron chi connectivity index (χ4n) is 2.65. The molecule has 0 aliphatic rings. The van der Waals surface area contributed by atoms with Crippen LogP contribution in [0, 0.1) is 24.0 Å². The summed E-state index contributed by atoms with van der Waals surface area (Å²) in [7, 11) is 1.88. The summed E-state index contributed by atoms with van der Waals surface area (Å²) in [5.41, 5.74) is 3.03. The van der Waals surface area contributed by atoms with Crippen molar-refractivity contribution in [3.63, 3.8) is 0 Å². The first-order valence-corrected chi connectivity index (χ1v) is 8.57. The highest BCUT2D eigenvalue weighted by atomic mass is 35.5. The van der Waals surface area contributed by atoms with Crippen LogP contribution in [0.4, 0.5) is 5.69 Å². The van der Waals surface area contributed by atoms with Crippen molar-refractivity contribution in [2.45, 2.75) is 29.6 Å². The predicted molar refractivity (Wildman–Crippen MR) is 94.8 cm³/mol. The van der Waals surface area contributed by atoms with Crippen LogP contribution in [0.3, 0.4) is 0 Å². The van der Waals surface area contributed by atoms with Gasteiger partial charge in [-0.05, 0) is 38.1 Å². The first-order chi connectivity index (χ1) is 11.4. The molecule has 0 fully saturated rings. The molecule has 0 bridgehead atoms. The number of fused-ring (bicyclic) bond motifs is 1. The zero-order valence-electron chi connectivity index (χ0n) is 13.4. The minimum atomic E-state index is -0.341. The highest BCUT2D eigenvalue weighted by Gasteiger charge is 2.16. The SMILES string of the molecule is Cc1cc(Sc2ccc3nc(CCl)n(C)c3n2)cc(C)c1[N+](=O)[O-]. The Bertz CT molecular complexity index is 932. The standard InChI is InChI=1S/C16H15ClN4O2S/c1-9-6-11(7-10(2)15(9)21(22)23)24-14-5-4-12-16(19-14)20(3)13(8-17)18-12/h4-7H,8H2,1-3H3. The van der Waals surface area contributed by atoms with Crippen molar-refractivity contribution < 1.29 is 4.92 Å². The normalized spacial score (nSPS) is 11.2. The predicted octanol–water partition coefficient (Wildman–Crippen LogP) is 4.38. The number of imidazole rings is 1. The molecule has 24 heavy (non-hydrogen) atoms. The largest absolute Gasteiger partial charge is 0.315 e. The number of hydrogen-bond acceptors (Lipinski definition) is 5. The highest BCUT2D eigenvalue weighted by molar-refractivity contribution is 7.99. The van der Waals surface area contributed by atoms with Crippen molar-refractivity contribution in [1.29, 1.82) is 0 Å². The lowest BCUT2D eigenvalue weighted by atomic mass is 10.1. The van der Waals surface area contributed by atoms with Crippen LogP contribution in [-0.2, 0) is 12.9 Å². The molecule has 0 saturated heterocycles. The van der Waals surface area contributed by atoms with Crippen molar-refractivity contribution in [2.24, 2.45) is 7.05 Å². The van der Waals surface area contributed by atoms with Gasteiger partial charge in [0.25, 0.3) is 5.69 Å². The highest BCUT2D eigenvalue weighted by Crippen LogP contribution is 2.33. The fourth-order valence-corrected chi connectivity index (χ4v) is 3.87. The zero-order chi connectivity index (χ0) is 17.4. The van der Waals surface area contributed by atoms with E-state index in [4.69, 9.17) is 11.6 Å². The molecule has 3 aromatic rings. The van der Waals surface area contributed by atoms with E-state index in [1.807, 2.05) is 35.9 Å². The van der Waals surface area contributed by atoms with Crippen LogP contribution in [0.2, 0.25) is 0 Å². The number of hydrogen-bond donors (Lipinski definition) is 0. The Morgan fingerprint density at radius 3 is 2.50 bits per heavy atom. The van der Waals surface area contributed by atoms with Gasteiger partial charge in [-0.2, -0.15) is 0 Å². The van der Waals surface area contributed by atoms with Crippen molar-refractivity contribution in [2.75, 3.05) is 0 Å². The molecule has 8 heteroatoms. The molecule has 2 heterocycles. The Morgan fingerprint density at radius 1 is 1.25 bits per heavy atom. The summed E-state index contributed by atoms with van der Waals surface area (Å²) >= 11 is 7.35. The fraction of sp³-hybridized carbons (Fsp3) is 0.250. The quantitative estimate of drug-likeness (QED) is 0.391. The van der Waals surface area contributed by atoms with Crippen LogP contribution in [0.25, 0.3) is 11.2 Å². The van der Waals surface area contributed by atoms with E-state index in [-0.39, 0.29) is 10.6 Å². The minimum Gasteiger partial charge on any atom is -0.315 e. The Balaban J connectivity index is 1.98. The Kier molecular flexibility index (Phi) is 4.47. The monoisotopic (exact) mass is 362 g/mol. The molecular formula is C16H15ClN4O2S. The van der Waals surface area contributed by atoms with E-state index in [2.05, 4.69) is 9.97 Å². The van der Waals surface area contributed by atoms with Gasteiger partial charge >= 0.3 is 0 Å². The van der Waals surface area contributed by atoms with Gasteiger partial charge in [-0.25, -0.2) is 9.97 Å². The first-order valence-electron chi connectivity index (χ1n) is 7.22. The van der Waals surface area contributed by atoms with E-state index in [1.54, 1.807) is 13.8 Å². The second-order valence-electron chi connectivity index (χ2n) is 5.48. The average Bonchev–Trinajstić information content (AvgIpc) is 2.82. The average molecular weight is 363 g/mol. The van der Waals surface area contributed by atoms with E-state index < -0.39 is 0 Å². The Hall–Kier alpha value is -2.12. The molecule has 0 radical (unpaired) electrons.